The zero-order chi connectivity index (χ0) is 29.9. The molecule has 0 saturated heterocycles. The molecule has 3 amide bonds. The number of phenolic OH excluding ortho intramolecular Hbond substituents is 1. The quantitative estimate of drug-likeness (QED) is 0.358. The van der Waals surface area contributed by atoms with E-state index >= 15 is 0 Å². The fourth-order valence-corrected chi connectivity index (χ4v) is 4.46. The number of ether oxygens (including phenoxy) is 1. The number of hydrogen-bond acceptors (Lipinski definition) is 5. The van der Waals surface area contributed by atoms with Crippen LogP contribution in [-0.4, -0.2) is 45.1 Å². The highest BCUT2D eigenvalue weighted by Crippen LogP contribution is 2.35. The standard InChI is InChI=1S/C30H42ClN3O5/c1-17(2)23(33-28(38)39-30(8,9)10)27(37)34(29(5,6)7)25(20-14-15-22(35)19(4)16-20)26(36)32-24-18(3)12-11-13-21(24)31/h11-17,23,25,35H,1-10H3,(H,32,36)(H,33,38). The number of hydrogen-bond donors (Lipinski definition) is 3. The van der Waals surface area contributed by atoms with Gasteiger partial charge < -0.3 is 25.4 Å². The third-order valence-corrected chi connectivity index (χ3v) is 6.39. The van der Waals surface area contributed by atoms with E-state index in [1.807, 2.05) is 47.6 Å². The molecule has 3 N–H and O–H groups in total. The topological polar surface area (TPSA) is 108 Å². The van der Waals surface area contributed by atoms with E-state index in [0.29, 0.717) is 21.8 Å². The van der Waals surface area contributed by atoms with Crippen LogP contribution in [-0.2, 0) is 14.3 Å². The van der Waals surface area contributed by atoms with Crippen LogP contribution in [0.25, 0.3) is 0 Å². The van der Waals surface area contributed by atoms with Crippen molar-refractivity contribution in [1.82, 2.24) is 10.2 Å². The number of carbonyl (C=O) groups is 3. The van der Waals surface area contributed by atoms with Gasteiger partial charge in [0, 0.05) is 5.54 Å². The minimum atomic E-state index is -1.12. The van der Waals surface area contributed by atoms with Crippen LogP contribution in [0, 0.1) is 19.8 Å². The smallest absolute Gasteiger partial charge is 0.408 e. The van der Waals surface area contributed by atoms with Crippen molar-refractivity contribution in [2.24, 2.45) is 5.92 Å². The number of nitrogens with zero attached hydrogens (tertiary/aromatic N) is 1. The number of carbonyl (C=O) groups excluding carboxylic acids is 3. The van der Waals surface area contributed by atoms with Gasteiger partial charge in [0.15, 0.2) is 0 Å². The average molecular weight is 560 g/mol. The van der Waals surface area contributed by atoms with Crippen LogP contribution in [0.4, 0.5) is 10.5 Å². The Kier molecular flexibility index (Phi) is 10.1. The lowest BCUT2D eigenvalue weighted by atomic mass is 9.92. The van der Waals surface area contributed by atoms with Gasteiger partial charge in [0.05, 0.1) is 10.7 Å². The maximum absolute atomic E-state index is 14.3. The highest BCUT2D eigenvalue weighted by atomic mass is 35.5. The largest absolute Gasteiger partial charge is 0.508 e. The summed E-state index contributed by atoms with van der Waals surface area (Å²) in [5.41, 5.74) is 0.638. The van der Waals surface area contributed by atoms with Crippen LogP contribution >= 0.6 is 11.6 Å². The summed E-state index contributed by atoms with van der Waals surface area (Å²) >= 11 is 6.41. The van der Waals surface area contributed by atoms with Crippen LogP contribution in [0.1, 0.15) is 78.1 Å². The second-order valence-electron chi connectivity index (χ2n) is 12.1. The van der Waals surface area contributed by atoms with Crippen molar-refractivity contribution in [3.63, 3.8) is 0 Å². The molecule has 9 heteroatoms. The summed E-state index contributed by atoms with van der Waals surface area (Å²) in [6, 6.07) is 7.98. The zero-order valence-corrected chi connectivity index (χ0v) is 25.4. The molecule has 0 radical (unpaired) electrons. The Morgan fingerprint density at radius 2 is 1.59 bits per heavy atom. The van der Waals surface area contributed by atoms with Crippen molar-refractivity contribution in [3.8, 4) is 5.75 Å². The van der Waals surface area contributed by atoms with Gasteiger partial charge in [0.1, 0.15) is 23.4 Å². The molecule has 2 aromatic carbocycles. The van der Waals surface area contributed by atoms with Gasteiger partial charge in [-0.1, -0.05) is 43.6 Å². The molecule has 8 nitrogen and oxygen atoms in total. The fourth-order valence-electron chi connectivity index (χ4n) is 4.19. The van der Waals surface area contributed by atoms with Crippen molar-refractivity contribution in [2.45, 2.75) is 92.5 Å². The summed E-state index contributed by atoms with van der Waals surface area (Å²) < 4.78 is 5.42. The average Bonchev–Trinajstić information content (AvgIpc) is 2.77. The molecule has 0 aliphatic rings. The molecule has 2 atom stereocenters. The first-order valence-electron chi connectivity index (χ1n) is 13.0. The Balaban J connectivity index is 2.66. The van der Waals surface area contributed by atoms with E-state index in [-0.39, 0.29) is 11.7 Å². The Hall–Kier alpha value is -3.26. The summed E-state index contributed by atoms with van der Waals surface area (Å²) in [6.45, 7) is 17.9. The molecule has 0 aromatic heterocycles. The molecule has 0 bridgehead atoms. The molecular formula is C30H42ClN3O5. The molecule has 0 spiro atoms. The van der Waals surface area contributed by atoms with E-state index in [2.05, 4.69) is 10.6 Å². The van der Waals surface area contributed by atoms with Crippen LogP contribution < -0.4 is 10.6 Å². The van der Waals surface area contributed by atoms with Gasteiger partial charge in [-0.3, -0.25) is 9.59 Å². The summed E-state index contributed by atoms with van der Waals surface area (Å²) in [6.07, 6.45) is -0.725. The van der Waals surface area contributed by atoms with Crippen LogP contribution in [0.3, 0.4) is 0 Å². The first-order valence-corrected chi connectivity index (χ1v) is 13.4. The lowest BCUT2D eigenvalue weighted by Gasteiger charge is -2.43. The Morgan fingerprint density at radius 3 is 2.08 bits per heavy atom. The number of nitrogens with one attached hydrogen (secondary N) is 2. The summed E-state index contributed by atoms with van der Waals surface area (Å²) in [5.74, 6) is -1.18. The third kappa shape index (κ3) is 8.36. The van der Waals surface area contributed by atoms with Gasteiger partial charge in [-0.25, -0.2) is 4.79 Å². The van der Waals surface area contributed by atoms with Gasteiger partial charge in [-0.05, 0) is 96.2 Å². The third-order valence-electron chi connectivity index (χ3n) is 6.08. The van der Waals surface area contributed by atoms with E-state index in [1.165, 1.54) is 11.0 Å². The van der Waals surface area contributed by atoms with Crippen molar-refractivity contribution in [3.05, 3.63) is 58.1 Å². The highest BCUT2D eigenvalue weighted by molar-refractivity contribution is 6.34. The number of alkyl carbamates (subject to hydrolysis) is 1. The molecule has 0 aliphatic carbocycles. The SMILES string of the molecule is Cc1cc(C(C(=O)Nc2c(C)cccc2Cl)N(C(=O)C(NC(=O)OC(C)(C)C)C(C)C)C(C)(C)C)ccc1O. The summed E-state index contributed by atoms with van der Waals surface area (Å²) in [5, 5.41) is 16.2. The fraction of sp³-hybridized carbons (Fsp3) is 0.500. The predicted molar refractivity (Wildman–Crippen MR) is 155 cm³/mol. The number of rotatable bonds is 7. The molecule has 0 heterocycles. The van der Waals surface area contributed by atoms with Crippen LogP contribution in [0.2, 0.25) is 5.02 Å². The predicted octanol–water partition coefficient (Wildman–Crippen LogP) is 6.52. The van der Waals surface area contributed by atoms with E-state index in [9.17, 15) is 19.5 Å². The van der Waals surface area contributed by atoms with Crippen molar-refractivity contribution in [2.75, 3.05) is 5.32 Å². The van der Waals surface area contributed by atoms with E-state index in [4.69, 9.17) is 16.3 Å². The van der Waals surface area contributed by atoms with Crippen LogP contribution in [0.15, 0.2) is 36.4 Å². The summed E-state index contributed by atoms with van der Waals surface area (Å²) in [4.78, 5) is 42.5. The number of amides is 3. The van der Waals surface area contributed by atoms with Gasteiger partial charge >= 0.3 is 6.09 Å². The Labute approximate surface area is 237 Å². The second kappa shape index (κ2) is 12.3. The van der Waals surface area contributed by atoms with Gasteiger partial charge in [-0.15, -0.1) is 0 Å². The molecule has 0 aliphatic heterocycles. The Morgan fingerprint density at radius 1 is 0.974 bits per heavy atom. The maximum Gasteiger partial charge on any atom is 0.408 e. The zero-order valence-electron chi connectivity index (χ0n) is 24.6. The molecule has 0 saturated carbocycles. The summed E-state index contributed by atoms with van der Waals surface area (Å²) in [7, 11) is 0. The second-order valence-corrected chi connectivity index (χ2v) is 12.5. The number of aromatic hydroxyl groups is 1. The first kappa shape index (κ1) is 32.0. The minimum absolute atomic E-state index is 0.0696. The number of aryl methyl sites for hydroxylation is 2. The molecule has 2 unspecified atom stereocenters. The highest BCUT2D eigenvalue weighted by Gasteiger charge is 2.43. The van der Waals surface area contributed by atoms with Gasteiger partial charge in [0.2, 0.25) is 5.91 Å². The molecule has 0 fully saturated rings. The number of phenols is 1. The first-order chi connectivity index (χ1) is 17.8. The van der Waals surface area contributed by atoms with Crippen molar-refractivity contribution in [1.29, 1.82) is 0 Å². The molecule has 2 aromatic rings. The molecular weight excluding hydrogens is 518 g/mol. The van der Waals surface area contributed by atoms with Crippen molar-refractivity contribution >= 4 is 35.2 Å². The van der Waals surface area contributed by atoms with Gasteiger partial charge in [-0.2, -0.15) is 0 Å². The number of benzene rings is 2. The van der Waals surface area contributed by atoms with Crippen LogP contribution in [0.5, 0.6) is 5.75 Å². The van der Waals surface area contributed by atoms with E-state index < -0.39 is 41.1 Å². The van der Waals surface area contributed by atoms with E-state index in [0.717, 1.165) is 5.56 Å². The molecule has 214 valence electrons. The normalized spacial score (nSPS) is 13.4. The van der Waals surface area contributed by atoms with E-state index in [1.54, 1.807) is 52.0 Å². The molecule has 2 rings (SSSR count). The van der Waals surface area contributed by atoms with Gasteiger partial charge in [0.25, 0.3) is 5.91 Å². The number of halogens is 1. The molecule has 39 heavy (non-hydrogen) atoms. The minimum Gasteiger partial charge on any atom is -0.508 e. The van der Waals surface area contributed by atoms with Crippen molar-refractivity contribution < 1.29 is 24.2 Å². The Bertz CT molecular complexity index is 1190. The lowest BCUT2D eigenvalue weighted by molar-refractivity contribution is -0.147. The monoisotopic (exact) mass is 559 g/mol. The number of para-hydroxylation sites is 1. The lowest BCUT2D eigenvalue weighted by Crippen LogP contribution is -2.59. The number of anilines is 1. The maximum atomic E-state index is 14.3.